The van der Waals surface area contributed by atoms with Gasteiger partial charge in [-0.2, -0.15) is 4.98 Å². The van der Waals surface area contributed by atoms with Crippen LogP contribution in [0.3, 0.4) is 0 Å². The van der Waals surface area contributed by atoms with Gasteiger partial charge in [0.15, 0.2) is 36.0 Å². The molecule has 266 valence electrons. The molecule has 2 aliphatic rings. The number of nitrogens with one attached hydrogen (secondary N) is 3. The molecule has 5 heterocycles. The number of imidazole rings is 1. The number of carbonyl (C=O) groups excluding carboxylic acids is 1. The van der Waals surface area contributed by atoms with Crippen molar-refractivity contribution in [2.45, 2.75) is 76.4 Å². The van der Waals surface area contributed by atoms with Crippen LogP contribution in [0, 0.1) is 12.5 Å². The van der Waals surface area contributed by atoms with E-state index in [-0.39, 0.29) is 30.1 Å². The zero-order valence-corrected chi connectivity index (χ0v) is 27.1. The number of H-pyrrole nitrogens is 2. The van der Waals surface area contributed by atoms with Crippen LogP contribution in [0.15, 0.2) is 33.0 Å². The number of aliphatic hydroxyl groups excluding tert-OH is 1. The highest BCUT2D eigenvalue weighted by molar-refractivity contribution is 7.48. The van der Waals surface area contributed by atoms with Crippen molar-refractivity contribution in [1.82, 2.24) is 29.1 Å². The predicted octanol–water partition coefficient (Wildman–Crippen LogP) is 0.952. The number of rotatable bonds is 13. The van der Waals surface area contributed by atoms with Gasteiger partial charge in [-0.05, 0) is 6.42 Å². The van der Waals surface area contributed by atoms with Crippen molar-refractivity contribution in [2.75, 3.05) is 25.1 Å². The lowest BCUT2D eigenvalue weighted by atomic mass is 10.1. The third kappa shape index (κ3) is 7.55. The first-order valence-electron chi connectivity index (χ1n) is 15.0. The summed E-state index contributed by atoms with van der Waals surface area (Å²) < 4.78 is 74.4. The van der Waals surface area contributed by atoms with Crippen LogP contribution in [-0.2, 0) is 32.4 Å². The molecule has 3 aromatic rings. The van der Waals surface area contributed by atoms with Crippen LogP contribution in [-0.4, -0.2) is 96.6 Å². The molecule has 0 spiro atoms. The Balaban J connectivity index is 1.34. The molecule has 2 fully saturated rings. The number of halogens is 2. The number of aromatic nitrogens is 6. The summed E-state index contributed by atoms with van der Waals surface area (Å²) in [5, 5.41) is 13.1. The van der Waals surface area contributed by atoms with Gasteiger partial charge in [-0.3, -0.25) is 52.4 Å². The zero-order chi connectivity index (χ0) is 35.6. The molecule has 22 heteroatoms. The Hall–Kier alpha value is -4.16. The number of alkyl halides is 2. The molecule has 0 aromatic carbocycles. The molecule has 9 atom stereocenters. The third-order valence-corrected chi connectivity index (χ3v) is 9.13. The van der Waals surface area contributed by atoms with Crippen molar-refractivity contribution in [3.63, 3.8) is 0 Å². The molecule has 4 N–H and O–H groups in total. The highest BCUT2D eigenvalue weighted by Gasteiger charge is 2.52. The molecule has 0 radical (unpaired) electrons. The fourth-order valence-electron chi connectivity index (χ4n) is 5.11. The molecule has 5 rings (SSSR count). The lowest BCUT2D eigenvalue weighted by Gasteiger charge is -2.25. The van der Waals surface area contributed by atoms with E-state index < -0.39 is 98.9 Å². The van der Waals surface area contributed by atoms with E-state index in [1.54, 1.807) is 20.8 Å². The quantitative estimate of drug-likeness (QED) is 0.110. The summed E-state index contributed by atoms with van der Waals surface area (Å²) in [6, 6.07) is 0.983. The van der Waals surface area contributed by atoms with Crippen LogP contribution in [0.5, 0.6) is 0 Å². The number of hydrogen-bond donors (Lipinski definition) is 4. The molecular weight excluding hydrogens is 681 g/mol. The second-order valence-corrected chi connectivity index (χ2v) is 13.0. The highest BCUT2D eigenvalue weighted by Crippen LogP contribution is 2.54. The van der Waals surface area contributed by atoms with E-state index in [4.69, 9.17) is 29.6 Å². The summed E-state index contributed by atoms with van der Waals surface area (Å²) in [6.45, 7) is 10.2. The van der Waals surface area contributed by atoms with Gasteiger partial charge in [-0.15, -0.1) is 0 Å². The number of carbonyl (C=O) groups is 1. The van der Waals surface area contributed by atoms with Crippen molar-refractivity contribution in [3.8, 4) is 0 Å². The number of phosphoric ester groups is 1. The zero-order valence-electron chi connectivity index (χ0n) is 26.2. The molecule has 1 amide bonds. The van der Waals surface area contributed by atoms with E-state index in [0.717, 1.165) is 27.7 Å². The average molecular weight is 715 g/mol. The Kier molecular flexibility index (Phi) is 10.9. The second kappa shape index (κ2) is 14.8. The molecule has 19 nitrogen and oxygen atoms in total. The third-order valence-electron chi connectivity index (χ3n) is 7.66. The van der Waals surface area contributed by atoms with Crippen LogP contribution in [0.4, 0.5) is 14.7 Å². The van der Waals surface area contributed by atoms with Crippen molar-refractivity contribution in [2.24, 2.45) is 5.92 Å². The van der Waals surface area contributed by atoms with E-state index in [1.165, 1.54) is 0 Å². The van der Waals surface area contributed by atoms with Gasteiger partial charge in [-0.25, -0.2) is 29.7 Å². The monoisotopic (exact) mass is 714 g/mol. The first-order chi connectivity index (χ1) is 23.3. The average Bonchev–Trinajstić information content (AvgIpc) is 3.70. The topological polar surface area (TPSA) is 235 Å². The Labute approximate surface area is 274 Å². The minimum Gasteiger partial charge on any atom is -0.387 e. The Morgan fingerprint density at radius 1 is 1.16 bits per heavy atom. The van der Waals surface area contributed by atoms with Crippen LogP contribution in [0.25, 0.3) is 16.0 Å². The minimum atomic E-state index is -4.82. The first kappa shape index (κ1) is 36.1. The minimum absolute atomic E-state index is 0.107. The number of fused-ring (bicyclic) bond motifs is 1. The molecule has 2 saturated heterocycles. The Morgan fingerprint density at radius 2 is 1.88 bits per heavy atom. The number of anilines is 1. The van der Waals surface area contributed by atoms with Crippen LogP contribution in [0.2, 0.25) is 0 Å². The van der Waals surface area contributed by atoms with Gasteiger partial charge >= 0.3 is 13.5 Å². The van der Waals surface area contributed by atoms with Gasteiger partial charge in [-0.1, -0.05) is 20.8 Å². The maximum atomic E-state index is 15.8. The largest absolute Gasteiger partial charge is 0.475 e. The number of aromatic amines is 2. The summed E-state index contributed by atoms with van der Waals surface area (Å²) >= 11 is 0. The SMILES string of the molecule is [C-]#[N+]CCOP(=O)(OCC1OC(n2cnc3c(=O)[nH]c(NC(=O)C(C)C)nc32)C(F)C1O)OC1C(CC)OC(n2ccc(=O)[nH]c2=O)C1F. The van der Waals surface area contributed by atoms with Gasteiger partial charge in [0.05, 0.1) is 19.0 Å². The van der Waals surface area contributed by atoms with Crippen molar-refractivity contribution in [3.05, 3.63) is 61.2 Å². The fourth-order valence-corrected chi connectivity index (χ4v) is 6.49. The van der Waals surface area contributed by atoms with Gasteiger partial charge in [0.25, 0.3) is 11.1 Å². The molecule has 0 aliphatic carbocycles. The maximum absolute atomic E-state index is 15.8. The van der Waals surface area contributed by atoms with Crippen molar-refractivity contribution >= 4 is 30.8 Å². The highest BCUT2D eigenvalue weighted by atomic mass is 31.2. The van der Waals surface area contributed by atoms with Crippen molar-refractivity contribution in [1.29, 1.82) is 0 Å². The van der Waals surface area contributed by atoms with Gasteiger partial charge < -0.3 is 19.4 Å². The summed E-state index contributed by atoms with van der Waals surface area (Å²) in [7, 11) is -4.82. The standard InChI is InChI=1S/C27H33F2N8O11P/c1-5-13-20(17(29)25(46-13)36-8-6-15(38)32-27(36)42)48-49(43,44-9-7-30-4)45-10-14-19(39)16(28)24(47-14)37-11-31-18-21(37)33-26(35-23(18)41)34-22(40)12(2)3/h6,8,11-14,16-17,19-20,24-25,39H,5,7,9-10H2,1-3H3,(H,32,38,42)(H2,33,34,35,40,41). The molecule has 49 heavy (non-hydrogen) atoms. The molecular formula is C27H33F2N8O11P. The molecule has 0 bridgehead atoms. The van der Waals surface area contributed by atoms with Crippen LogP contribution >= 0.6 is 7.82 Å². The van der Waals surface area contributed by atoms with Gasteiger partial charge in [0.2, 0.25) is 18.4 Å². The molecule has 3 aromatic heterocycles. The fraction of sp³-hybridized carbons (Fsp3) is 0.593. The van der Waals surface area contributed by atoms with Crippen LogP contribution in [0.1, 0.15) is 39.6 Å². The maximum Gasteiger partial charge on any atom is 0.475 e. The summed E-state index contributed by atoms with van der Waals surface area (Å²) in [5.74, 6) is -1.14. The number of nitrogens with zero attached hydrogens (tertiary/aromatic N) is 5. The Bertz CT molecular complexity index is 1940. The predicted molar refractivity (Wildman–Crippen MR) is 163 cm³/mol. The van der Waals surface area contributed by atoms with Crippen molar-refractivity contribution < 1.29 is 46.3 Å². The molecule has 0 saturated carbocycles. The number of hydrogen-bond acceptors (Lipinski definition) is 13. The molecule has 9 unspecified atom stereocenters. The summed E-state index contributed by atoms with van der Waals surface area (Å²) in [4.78, 5) is 64.0. The number of ether oxygens (including phenoxy) is 2. The number of amides is 1. The summed E-state index contributed by atoms with van der Waals surface area (Å²) in [5.41, 5.74) is -2.83. The van der Waals surface area contributed by atoms with E-state index in [2.05, 4.69) is 25.1 Å². The second-order valence-electron chi connectivity index (χ2n) is 11.3. The summed E-state index contributed by atoms with van der Waals surface area (Å²) in [6.07, 6.45) is -11.5. The lowest BCUT2D eigenvalue weighted by molar-refractivity contribution is -0.118. The van der Waals surface area contributed by atoms with E-state index in [0.29, 0.717) is 0 Å². The van der Waals surface area contributed by atoms with Gasteiger partial charge in [0, 0.05) is 18.2 Å². The van der Waals surface area contributed by atoms with E-state index >= 15 is 8.78 Å². The number of aliphatic hydroxyl groups is 1. The van der Waals surface area contributed by atoms with Gasteiger partial charge in [0.1, 0.15) is 24.9 Å². The lowest BCUT2D eigenvalue weighted by Crippen LogP contribution is -2.36. The van der Waals surface area contributed by atoms with E-state index in [1.807, 2.05) is 4.98 Å². The molecule has 2 aliphatic heterocycles. The number of phosphoric acid groups is 1. The smallest absolute Gasteiger partial charge is 0.387 e. The van der Waals surface area contributed by atoms with E-state index in [9.17, 15) is 28.8 Å². The Morgan fingerprint density at radius 3 is 2.55 bits per heavy atom. The first-order valence-corrected chi connectivity index (χ1v) is 16.5. The normalized spacial score (nSPS) is 28.1. The van der Waals surface area contributed by atoms with Crippen LogP contribution < -0.4 is 22.1 Å².